The van der Waals surface area contributed by atoms with Crippen LogP contribution in [0.2, 0.25) is 0 Å². The predicted octanol–water partition coefficient (Wildman–Crippen LogP) is 2.15. The van der Waals surface area contributed by atoms with E-state index >= 15 is 0 Å². The summed E-state index contributed by atoms with van der Waals surface area (Å²) in [6.07, 6.45) is 1.03. The molecule has 2 aromatic rings. The van der Waals surface area contributed by atoms with Gasteiger partial charge in [0.15, 0.2) is 0 Å². The molecular weight excluding hydrogens is 238 g/mol. The number of aromatic nitrogens is 2. The van der Waals surface area contributed by atoms with Crippen LogP contribution in [0.4, 0.5) is 17.5 Å². The molecule has 3 N–H and O–H groups in total. The maximum atomic E-state index is 5.42. The molecule has 1 aromatic heterocycles. The molecule has 19 heavy (non-hydrogen) atoms. The van der Waals surface area contributed by atoms with E-state index < -0.39 is 0 Å². The highest BCUT2D eigenvalue weighted by atomic mass is 15.3. The molecule has 0 saturated carbocycles. The summed E-state index contributed by atoms with van der Waals surface area (Å²) in [5, 5.41) is 0. The van der Waals surface area contributed by atoms with Crippen molar-refractivity contribution >= 4 is 17.5 Å². The number of hydrogen-bond donors (Lipinski definition) is 2. The third-order valence-corrected chi connectivity index (χ3v) is 3.42. The van der Waals surface area contributed by atoms with Crippen LogP contribution in [0.15, 0.2) is 30.3 Å². The monoisotopic (exact) mass is 255 g/mol. The van der Waals surface area contributed by atoms with Crippen LogP contribution in [0.1, 0.15) is 18.2 Å². The molecule has 0 fully saturated rings. The fourth-order valence-corrected chi connectivity index (χ4v) is 2.65. The van der Waals surface area contributed by atoms with Crippen molar-refractivity contribution in [3.8, 4) is 0 Å². The minimum atomic E-state index is 0.386. The van der Waals surface area contributed by atoms with E-state index in [4.69, 9.17) is 5.84 Å². The van der Waals surface area contributed by atoms with Gasteiger partial charge in [-0.2, -0.15) is 4.98 Å². The van der Waals surface area contributed by atoms with E-state index in [9.17, 15) is 0 Å². The van der Waals surface area contributed by atoms with Crippen LogP contribution < -0.4 is 16.2 Å². The molecule has 98 valence electrons. The van der Waals surface area contributed by atoms with E-state index in [0.29, 0.717) is 12.0 Å². The maximum Gasteiger partial charge on any atom is 0.239 e. The Labute approximate surface area is 112 Å². The summed E-state index contributed by atoms with van der Waals surface area (Å²) in [6.45, 7) is 4.14. The largest absolute Gasteiger partial charge is 0.323 e. The van der Waals surface area contributed by atoms with Crippen molar-refractivity contribution in [2.24, 2.45) is 5.84 Å². The number of hydrogen-bond acceptors (Lipinski definition) is 5. The van der Waals surface area contributed by atoms with Gasteiger partial charge in [-0.15, -0.1) is 0 Å². The number of benzene rings is 1. The Bertz CT molecular complexity index is 611. The summed E-state index contributed by atoms with van der Waals surface area (Å²) in [5.74, 6) is 6.76. The maximum absolute atomic E-state index is 5.42. The topological polar surface area (TPSA) is 67.1 Å². The van der Waals surface area contributed by atoms with Crippen LogP contribution in [0, 0.1) is 6.92 Å². The lowest BCUT2D eigenvalue weighted by atomic mass is 10.1. The molecule has 0 saturated heterocycles. The number of aryl methyl sites for hydroxylation is 1. The van der Waals surface area contributed by atoms with Gasteiger partial charge >= 0.3 is 0 Å². The zero-order valence-electron chi connectivity index (χ0n) is 11.1. The third-order valence-electron chi connectivity index (χ3n) is 3.42. The fraction of sp³-hybridized carbons (Fsp3) is 0.286. The Hall–Kier alpha value is -2.14. The zero-order valence-corrected chi connectivity index (χ0v) is 11.1. The van der Waals surface area contributed by atoms with Crippen LogP contribution in [0.25, 0.3) is 0 Å². The molecule has 0 amide bonds. The SMILES string of the molecule is Cc1cc(N2c3ccccc3CC2C)nc(NN)n1. The van der Waals surface area contributed by atoms with Crippen LogP contribution in [-0.4, -0.2) is 16.0 Å². The molecule has 0 aliphatic carbocycles. The summed E-state index contributed by atoms with van der Waals surface area (Å²) >= 11 is 0. The summed E-state index contributed by atoms with van der Waals surface area (Å²) in [4.78, 5) is 10.9. The van der Waals surface area contributed by atoms with E-state index in [1.165, 1.54) is 11.3 Å². The van der Waals surface area contributed by atoms with Crippen molar-refractivity contribution in [3.63, 3.8) is 0 Å². The first kappa shape index (κ1) is 11.9. The highest BCUT2D eigenvalue weighted by molar-refractivity contribution is 5.69. The molecule has 1 aliphatic rings. The molecule has 0 radical (unpaired) electrons. The Kier molecular flexibility index (Phi) is 2.83. The third kappa shape index (κ3) is 2.02. The molecule has 0 bridgehead atoms. The predicted molar refractivity (Wildman–Crippen MR) is 76.3 cm³/mol. The highest BCUT2D eigenvalue weighted by Gasteiger charge is 2.28. The number of anilines is 3. The average molecular weight is 255 g/mol. The minimum Gasteiger partial charge on any atom is -0.323 e. The van der Waals surface area contributed by atoms with Crippen molar-refractivity contribution < 1.29 is 0 Å². The number of nitrogens with zero attached hydrogens (tertiary/aromatic N) is 3. The molecule has 1 unspecified atom stereocenters. The molecule has 0 spiro atoms. The van der Waals surface area contributed by atoms with Crippen molar-refractivity contribution in [1.82, 2.24) is 9.97 Å². The Morgan fingerprint density at radius 1 is 1.32 bits per heavy atom. The van der Waals surface area contributed by atoms with Gasteiger partial charge in [0.2, 0.25) is 5.95 Å². The van der Waals surface area contributed by atoms with Gasteiger partial charge in [0.05, 0.1) is 0 Å². The first-order valence-corrected chi connectivity index (χ1v) is 6.38. The number of fused-ring (bicyclic) bond motifs is 1. The Balaban J connectivity index is 2.09. The quantitative estimate of drug-likeness (QED) is 0.636. The van der Waals surface area contributed by atoms with E-state index in [2.05, 4.69) is 51.5 Å². The fourth-order valence-electron chi connectivity index (χ4n) is 2.65. The minimum absolute atomic E-state index is 0.386. The summed E-state index contributed by atoms with van der Waals surface area (Å²) < 4.78 is 0. The van der Waals surface area contributed by atoms with Gasteiger partial charge in [-0.25, -0.2) is 10.8 Å². The van der Waals surface area contributed by atoms with Gasteiger partial charge in [-0.05, 0) is 31.9 Å². The van der Waals surface area contributed by atoms with Crippen LogP contribution in [-0.2, 0) is 6.42 Å². The van der Waals surface area contributed by atoms with Crippen molar-refractivity contribution in [2.45, 2.75) is 26.3 Å². The number of nitrogen functional groups attached to an aromatic ring is 1. The second kappa shape index (κ2) is 4.51. The molecule has 1 aliphatic heterocycles. The second-order valence-electron chi connectivity index (χ2n) is 4.89. The number of nitrogens with one attached hydrogen (secondary N) is 1. The molecular formula is C14H17N5. The van der Waals surface area contributed by atoms with Gasteiger partial charge in [-0.3, -0.25) is 5.43 Å². The van der Waals surface area contributed by atoms with Gasteiger partial charge in [0, 0.05) is 23.5 Å². The lowest BCUT2D eigenvalue weighted by molar-refractivity contribution is 0.748. The lowest BCUT2D eigenvalue weighted by Crippen LogP contribution is -2.25. The first-order chi connectivity index (χ1) is 9.19. The number of para-hydroxylation sites is 1. The number of nitrogens with two attached hydrogens (primary N) is 1. The normalized spacial score (nSPS) is 17.4. The van der Waals surface area contributed by atoms with Gasteiger partial charge in [0.25, 0.3) is 0 Å². The molecule has 5 heteroatoms. The van der Waals surface area contributed by atoms with Gasteiger partial charge in [0.1, 0.15) is 5.82 Å². The van der Waals surface area contributed by atoms with Crippen molar-refractivity contribution in [2.75, 3.05) is 10.3 Å². The van der Waals surface area contributed by atoms with Gasteiger partial charge in [-0.1, -0.05) is 18.2 Å². The van der Waals surface area contributed by atoms with E-state index in [1.807, 2.05) is 13.0 Å². The number of rotatable bonds is 2. The van der Waals surface area contributed by atoms with Crippen LogP contribution in [0.3, 0.4) is 0 Å². The summed E-state index contributed by atoms with van der Waals surface area (Å²) in [7, 11) is 0. The lowest BCUT2D eigenvalue weighted by Gasteiger charge is -2.24. The van der Waals surface area contributed by atoms with Crippen molar-refractivity contribution in [3.05, 3.63) is 41.6 Å². The highest BCUT2D eigenvalue weighted by Crippen LogP contribution is 2.37. The molecule has 2 heterocycles. The van der Waals surface area contributed by atoms with Crippen LogP contribution >= 0.6 is 0 Å². The Morgan fingerprint density at radius 3 is 2.89 bits per heavy atom. The molecule has 1 aromatic carbocycles. The number of hydrazine groups is 1. The second-order valence-corrected chi connectivity index (χ2v) is 4.89. The van der Waals surface area contributed by atoms with Crippen LogP contribution in [0.5, 0.6) is 0 Å². The molecule has 1 atom stereocenters. The molecule has 3 rings (SSSR count). The van der Waals surface area contributed by atoms with E-state index in [1.54, 1.807) is 0 Å². The van der Waals surface area contributed by atoms with Crippen molar-refractivity contribution in [1.29, 1.82) is 0 Å². The Morgan fingerprint density at radius 2 is 2.11 bits per heavy atom. The summed E-state index contributed by atoms with van der Waals surface area (Å²) in [5.41, 5.74) is 5.99. The van der Waals surface area contributed by atoms with E-state index in [-0.39, 0.29) is 0 Å². The smallest absolute Gasteiger partial charge is 0.239 e. The zero-order chi connectivity index (χ0) is 13.4. The molecule has 5 nitrogen and oxygen atoms in total. The summed E-state index contributed by atoms with van der Waals surface area (Å²) in [6, 6.07) is 10.8. The standard InChI is InChI=1S/C14H17N5/c1-9-7-13(17-14(16-9)18-15)19-10(2)8-11-5-3-4-6-12(11)19/h3-7,10H,8,15H2,1-2H3,(H,16,17,18). The van der Waals surface area contributed by atoms with E-state index in [0.717, 1.165) is 17.9 Å². The average Bonchev–Trinajstić information content (AvgIpc) is 2.73. The van der Waals surface area contributed by atoms with Gasteiger partial charge < -0.3 is 4.90 Å². The first-order valence-electron chi connectivity index (χ1n) is 6.38.